The second-order valence-corrected chi connectivity index (χ2v) is 6.36. The van der Waals surface area contributed by atoms with Crippen molar-refractivity contribution in [3.05, 3.63) is 53.3 Å². The van der Waals surface area contributed by atoms with E-state index in [1.165, 1.54) is 11.1 Å². The molecule has 1 aromatic heterocycles. The van der Waals surface area contributed by atoms with Crippen molar-refractivity contribution in [3.63, 3.8) is 0 Å². The van der Waals surface area contributed by atoms with Gasteiger partial charge in [-0.1, -0.05) is 36.8 Å². The standard InChI is InChI=1S/C19H25N5O/c1-3-23-8-10-24(11-9-23)18(25)17-13-21-19(22-14-17)20-12-16-6-4-15(2)5-7-16/h4-7,13-14H,3,8-12H2,1-2H3,(H,20,21,22). The van der Waals surface area contributed by atoms with Crippen molar-refractivity contribution in [2.75, 3.05) is 38.0 Å². The molecule has 1 N–H and O–H groups in total. The Hall–Kier alpha value is -2.47. The third-order valence-corrected chi connectivity index (χ3v) is 4.58. The van der Waals surface area contributed by atoms with E-state index in [4.69, 9.17) is 0 Å². The number of hydrogen-bond acceptors (Lipinski definition) is 5. The normalized spacial score (nSPS) is 15.2. The SMILES string of the molecule is CCN1CCN(C(=O)c2cnc(NCc3ccc(C)cc3)nc2)CC1. The topological polar surface area (TPSA) is 61.4 Å². The molecule has 0 atom stereocenters. The minimum absolute atomic E-state index is 0.0147. The van der Waals surface area contributed by atoms with Crippen molar-refractivity contribution in [2.45, 2.75) is 20.4 Å². The van der Waals surface area contributed by atoms with Crippen LogP contribution < -0.4 is 5.32 Å². The van der Waals surface area contributed by atoms with Gasteiger partial charge in [0.1, 0.15) is 0 Å². The molecule has 0 radical (unpaired) electrons. The molecule has 1 aliphatic rings. The predicted octanol–water partition coefficient (Wildman–Crippen LogP) is 2.17. The van der Waals surface area contributed by atoms with E-state index < -0.39 is 0 Å². The maximum atomic E-state index is 12.5. The fourth-order valence-corrected chi connectivity index (χ4v) is 2.87. The minimum atomic E-state index is 0.0147. The summed E-state index contributed by atoms with van der Waals surface area (Å²) in [6, 6.07) is 8.32. The molecule has 1 aliphatic heterocycles. The number of rotatable bonds is 5. The van der Waals surface area contributed by atoms with E-state index in [0.29, 0.717) is 18.1 Å². The predicted molar refractivity (Wildman–Crippen MR) is 98.6 cm³/mol. The fraction of sp³-hybridized carbons (Fsp3) is 0.421. The molecule has 0 unspecified atom stereocenters. The largest absolute Gasteiger partial charge is 0.350 e. The molecule has 132 valence electrons. The van der Waals surface area contributed by atoms with Gasteiger partial charge in [0.25, 0.3) is 5.91 Å². The maximum absolute atomic E-state index is 12.5. The lowest BCUT2D eigenvalue weighted by Gasteiger charge is -2.33. The summed E-state index contributed by atoms with van der Waals surface area (Å²) >= 11 is 0. The Morgan fingerprint density at radius 1 is 1.08 bits per heavy atom. The Balaban J connectivity index is 1.54. The van der Waals surface area contributed by atoms with E-state index in [9.17, 15) is 4.79 Å². The number of anilines is 1. The van der Waals surface area contributed by atoms with Crippen LogP contribution in [0.15, 0.2) is 36.7 Å². The van der Waals surface area contributed by atoms with Crippen LogP contribution >= 0.6 is 0 Å². The molecule has 1 aromatic carbocycles. The van der Waals surface area contributed by atoms with Gasteiger partial charge in [-0.05, 0) is 19.0 Å². The number of carbonyl (C=O) groups is 1. The van der Waals surface area contributed by atoms with Crippen LogP contribution in [0.2, 0.25) is 0 Å². The van der Waals surface area contributed by atoms with Crippen molar-refractivity contribution >= 4 is 11.9 Å². The Labute approximate surface area is 148 Å². The zero-order valence-electron chi connectivity index (χ0n) is 14.9. The lowest BCUT2D eigenvalue weighted by atomic mass is 10.1. The summed E-state index contributed by atoms with van der Waals surface area (Å²) in [5, 5.41) is 3.19. The van der Waals surface area contributed by atoms with Gasteiger partial charge in [-0.3, -0.25) is 4.79 Å². The number of aromatic nitrogens is 2. The highest BCUT2D eigenvalue weighted by Gasteiger charge is 2.21. The van der Waals surface area contributed by atoms with Crippen molar-refractivity contribution < 1.29 is 4.79 Å². The Morgan fingerprint density at radius 3 is 2.32 bits per heavy atom. The number of aryl methyl sites for hydroxylation is 1. The number of carbonyl (C=O) groups excluding carboxylic acids is 1. The number of benzene rings is 1. The highest BCUT2D eigenvalue weighted by atomic mass is 16.2. The number of likely N-dealkylation sites (N-methyl/N-ethyl adjacent to an activating group) is 1. The van der Waals surface area contributed by atoms with Gasteiger partial charge in [0.2, 0.25) is 5.95 Å². The molecule has 25 heavy (non-hydrogen) atoms. The Bertz CT molecular complexity index is 691. The van der Waals surface area contributed by atoms with Gasteiger partial charge in [-0.2, -0.15) is 0 Å². The van der Waals surface area contributed by atoms with Crippen LogP contribution in [0.4, 0.5) is 5.95 Å². The van der Waals surface area contributed by atoms with Crippen LogP contribution in [0, 0.1) is 6.92 Å². The number of nitrogens with zero attached hydrogens (tertiary/aromatic N) is 4. The van der Waals surface area contributed by atoms with Crippen LogP contribution in [-0.4, -0.2) is 58.4 Å². The molecule has 1 amide bonds. The molecule has 0 saturated carbocycles. The molecule has 0 spiro atoms. The molecular weight excluding hydrogens is 314 g/mol. The molecule has 0 bridgehead atoms. The third kappa shape index (κ3) is 4.54. The van der Waals surface area contributed by atoms with Crippen LogP contribution in [-0.2, 0) is 6.54 Å². The average molecular weight is 339 g/mol. The number of amides is 1. The van der Waals surface area contributed by atoms with Crippen molar-refractivity contribution in [1.29, 1.82) is 0 Å². The molecule has 6 nitrogen and oxygen atoms in total. The summed E-state index contributed by atoms with van der Waals surface area (Å²) in [4.78, 5) is 25.3. The van der Waals surface area contributed by atoms with Crippen molar-refractivity contribution in [3.8, 4) is 0 Å². The second kappa shape index (κ2) is 8.07. The van der Waals surface area contributed by atoms with Crippen LogP contribution in [0.1, 0.15) is 28.4 Å². The first-order chi connectivity index (χ1) is 12.2. The van der Waals surface area contributed by atoms with Crippen molar-refractivity contribution in [2.24, 2.45) is 0 Å². The summed E-state index contributed by atoms with van der Waals surface area (Å²) in [6.45, 7) is 9.30. The first-order valence-electron chi connectivity index (χ1n) is 8.79. The van der Waals surface area contributed by atoms with Gasteiger partial charge < -0.3 is 15.1 Å². The van der Waals surface area contributed by atoms with E-state index >= 15 is 0 Å². The second-order valence-electron chi connectivity index (χ2n) is 6.36. The lowest BCUT2D eigenvalue weighted by Crippen LogP contribution is -2.48. The lowest BCUT2D eigenvalue weighted by molar-refractivity contribution is 0.0642. The summed E-state index contributed by atoms with van der Waals surface area (Å²) in [7, 11) is 0. The number of piperazine rings is 1. The van der Waals surface area contributed by atoms with Gasteiger partial charge in [0.15, 0.2) is 0 Å². The Kier molecular flexibility index (Phi) is 5.60. The van der Waals surface area contributed by atoms with E-state index in [0.717, 1.165) is 32.7 Å². The van der Waals surface area contributed by atoms with Gasteiger partial charge in [0.05, 0.1) is 5.56 Å². The highest BCUT2D eigenvalue weighted by Crippen LogP contribution is 2.10. The zero-order valence-corrected chi connectivity index (χ0v) is 14.9. The average Bonchev–Trinajstić information content (AvgIpc) is 2.67. The number of nitrogens with one attached hydrogen (secondary N) is 1. The first-order valence-corrected chi connectivity index (χ1v) is 8.79. The molecule has 2 heterocycles. The summed E-state index contributed by atoms with van der Waals surface area (Å²) in [6.07, 6.45) is 3.22. The van der Waals surface area contributed by atoms with Gasteiger partial charge in [-0.25, -0.2) is 9.97 Å². The van der Waals surface area contributed by atoms with E-state index in [2.05, 4.69) is 58.3 Å². The highest BCUT2D eigenvalue weighted by molar-refractivity contribution is 5.93. The maximum Gasteiger partial charge on any atom is 0.257 e. The minimum Gasteiger partial charge on any atom is -0.350 e. The summed E-state index contributed by atoms with van der Waals surface area (Å²) in [5.41, 5.74) is 2.96. The van der Waals surface area contributed by atoms with Gasteiger partial charge in [0, 0.05) is 45.1 Å². The van der Waals surface area contributed by atoms with Gasteiger partial charge >= 0.3 is 0 Å². The summed E-state index contributed by atoms with van der Waals surface area (Å²) in [5.74, 6) is 0.550. The summed E-state index contributed by atoms with van der Waals surface area (Å²) < 4.78 is 0. The number of hydrogen-bond donors (Lipinski definition) is 1. The first kappa shape index (κ1) is 17.4. The Morgan fingerprint density at radius 2 is 1.72 bits per heavy atom. The fourth-order valence-electron chi connectivity index (χ4n) is 2.87. The molecule has 2 aromatic rings. The van der Waals surface area contributed by atoms with Crippen LogP contribution in [0.3, 0.4) is 0 Å². The van der Waals surface area contributed by atoms with E-state index in [1.807, 2.05) is 4.90 Å². The molecular formula is C19H25N5O. The molecule has 3 rings (SSSR count). The third-order valence-electron chi connectivity index (χ3n) is 4.58. The molecule has 6 heteroatoms. The zero-order chi connectivity index (χ0) is 17.6. The van der Waals surface area contributed by atoms with Gasteiger partial charge in [-0.15, -0.1) is 0 Å². The van der Waals surface area contributed by atoms with Crippen molar-refractivity contribution in [1.82, 2.24) is 19.8 Å². The molecule has 0 aliphatic carbocycles. The monoisotopic (exact) mass is 339 g/mol. The molecule has 1 fully saturated rings. The van der Waals surface area contributed by atoms with E-state index in [-0.39, 0.29) is 5.91 Å². The molecule has 1 saturated heterocycles. The smallest absolute Gasteiger partial charge is 0.257 e. The van der Waals surface area contributed by atoms with Crippen LogP contribution in [0.5, 0.6) is 0 Å². The quantitative estimate of drug-likeness (QED) is 0.905. The van der Waals surface area contributed by atoms with Crippen LogP contribution in [0.25, 0.3) is 0 Å². The van der Waals surface area contributed by atoms with E-state index in [1.54, 1.807) is 12.4 Å².